The molecule has 0 radical (unpaired) electrons. The van der Waals surface area contributed by atoms with Crippen LogP contribution in [0.15, 0.2) is 24.3 Å². The largest absolute Gasteiger partial charge is 0.469 e. The molecule has 1 saturated heterocycles. The van der Waals surface area contributed by atoms with Gasteiger partial charge in [0.25, 0.3) is 0 Å². The predicted molar refractivity (Wildman–Crippen MR) is 94.6 cm³/mol. The first-order valence-electron chi connectivity index (χ1n) is 7.34. The van der Waals surface area contributed by atoms with E-state index in [0.29, 0.717) is 0 Å². The van der Waals surface area contributed by atoms with Crippen LogP contribution in [0.1, 0.15) is 45.5 Å². The number of carbonyl (C=O) groups excluding carboxylic acids is 1. The third kappa shape index (κ3) is 3.66. The van der Waals surface area contributed by atoms with Crippen LogP contribution in [-0.2, 0) is 18.8 Å². The van der Waals surface area contributed by atoms with Crippen LogP contribution < -0.4 is 0 Å². The Balaban J connectivity index is 2.32. The highest BCUT2D eigenvalue weighted by atomic mass is 127. The molecule has 120 valence electrons. The molecule has 2 rings (SSSR count). The zero-order valence-corrected chi connectivity index (χ0v) is 15.8. The van der Waals surface area contributed by atoms with E-state index in [1.54, 1.807) is 0 Å². The van der Waals surface area contributed by atoms with Gasteiger partial charge in [0.05, 0.1) is 24.7 Å². The van der Waals surface area contributed by atoms with Crippen LogP contribution in [0, 0.1) is 3.57 Å². The molecule has 1 aromatic rings. The maximum Gasteiger partial charge on any atom is 0.466 e. The van der Waals surface area contributed by atoms with E-state index in [2.05, 4.69) is 28.7 Å². The quantitative estimate of drug-likeness (QED) is 0.428. The second-order valence-corrected chi connectivity index (χ2v) is 7.81. The molecule has 0 saturated carbocycles. The molecule has 1 aliphatic heterocycles. The maximum absolute atomic E-state index is 11.8. The molecule has 4 nitrogen and oxygen atoms in total. The SMILES string of the molecule is COC(=O)CC(B1OC(C)(C)C(C)(C)O1)c1cccc(I)c1. The molecule has 1 aliphatic rings. The first-order chi connectivity index (χ1) is 10.2. The lowest BCUT2D eigenvalue weighted by atomic mass is 9.66. The number of benzene rings is 1. The highest BCUT2D eigenvalue weighted by molar-refractivity contribution is 14.1. The Kier molecular flexibility index (Phi) is 5.24. The molecular formula is C16H22BIO4. The van der Waals surface area contributed by atoms with E-state index >= 15 is 0 Å². The first kappa shape index (κ1) is 17.8. The monoisotopic (exact) mass is 416 g/mol. The second kappa shape index (κ2) is 6.49. The molecule has 0 bridgehead atoms. The number of carbonyl (C=O) groups is 1. The summed E-state index contributed by atoms with van der Waals surface area (Å²) >= 11 is 2.26. The van der Waals surface area contributed by atoms with Crippen molar-refractivity contribution < 1.29 is 18.8 Å². The minimum atomic E-state index is -0.470. The summed E-state index contributed by atoms with van der Waals surface area (Å²) in [6, 6.07) is 8.05. The van der Waals surface area contributed by atoms with E-state index < -0.39 is 18.3 Å². The number of rotatable bonds is 4. The van der Waals surface area contributed by atoms with E-state index in [0.717, 1.165) is 9.13 Å². The van der Waals surface area contributed by atoms with Crippen molar-refractivity contribution in [3.05, 3.63) is 33.4 Å². The molecule has 1 unspecified atom stereocenters. The van der Waals surface area contributed by atoms with Crippen molar-refractivity contribution >= 4 is 35.7 Å². The molecule has 1 heterocycles. The van der Waals surface area contributed by atoms with Crippen molar-refractivity contribution in [3.8, 4) is 0 Å². The summed E-state index contributed by atoms with van der Waals surface area (Å²) in [5.74, 6) is -0.457. The van der Waals surface area contributed by atoms with Gasteiger partial charge in [-0.3, -0.25) is 4.79 Å². The van der Waals surface area contributed by atoms with Gasteiger partial charge in [-0.15, -0.1) is 0 Å². The lowest BCUT2D eigenvalue weighted by Crippen LogP contribution is -2.41. The van der Waals surface area contributed by atoms with Gasteiger partial charge in [0, 0.05) is 9.39 Å². The lowest BCUT2D eigenvalue weighted by Gasteiger charge is -2.32. The van der Waals surface area contributed by atoms with Gasteiger partial charge in [-0.25, -0.2) is 0 Å². The standard InChI is InChI=1S/C16H22BIO4/c1-15(2)16(3,4)22-17(21-15)13(10-14(19)20-5)11-7-6-8-12(18)9-11/h6-9,13H,10H2,1-5H3. The molecule has 0 spiro atoms. The topological polar surface area (TPSA) is 44.8 Å². The molecule has 1 atom stereocenters. The van der Waals surface area contributed by atoms with Crippen LogP contribution in [0.4, 0.5) is 0 Å². The molecule has 1 aromatic carbocycles. The van der Waals surface area contributed by atoms with E-state index in [-0.39, 0.29) is 18.2 Å². The van der Waals surface area contributed by atoms with Crippen LogP contribution in [-0.4, -0.2) is 31.4 Å². The lowest BCUT2D eigenvalue weighted by molar-refractivity contribution is -0.140. The summed E-state index contributed by atoms with van der Waals surface area (Å²) in [4.78, 5) is 11.8. The Morgan fingerprint density at radius 1 is 1.27 bits per heavy atom. The Labute approximate surface area is 146 Å². The molecular weight excluding hydrogens is 394 g/mol. The van der Waals surface area contributed by atoms with Crippen molar-refractivity contribution in [2.24, 2.45) is 0 Å². The number of hydrogen-bond donors (Lipinski definition) is 0. The van der Waals surface area contributed by atoms with Gasteiger partial charge in [0.15, 0.2) is 0 Å². The summed E-state index contributed by atoms with van der Waals surface area (Å²) in [5.41, 5.74) is 0.179. The Hall–Kier alpha value is -0.595. The fourth-order valence-corrected chi connectivity index (χ4v) is 2.99. The van der Waals surface area contributed by atoms with Gasteiger partial charge in [0.2, 0.25) is 0 Å². The van der Waals surface area contributed by atoms with Gasteiger partial charge in [0.1, 0.15) is 0 Å². The zero-order chi connectivity index (χ0) is 16.5. The van der Waals surface area contributed by atoms with Crippen molar-refractivity contribution in [2.75, 3.05) is 7.11 Å². The molecule has 0 aliphatic carbocycles. The van der Waals surface area contributed by atoms with Crippen LogP contribution in [0.2, 0.25) is 0 Å². The Morgan fingerprint density at radius 2 is 1.86 bits per heavy atom. The summed E-state index contributed by atoms with van der Waals surface area (Å²) in [6.45, 7) is 8.04. The summed E-state index contributed by atoms with van der Waals surface area (Å²) in [7, 11) is 0.931. The van der Waals surface area contributed by atoms with E-state index in [9.17, 15) is 4.79 Å². The third-order valence-corrected chi connectivity index (χ3v) is 5.16. The smallest absolute Gasteiger partial charge is 0.466 e. The highest BCUT2D eigenvalue weighted by Crippen LogP contribution is 2.41. The summed E-state index contributed by atoms with van der Waals surface area (Å²) < 4.78 is 18.2. The van der Waals surface area contributed by atoms with Gasteiger partial charge in [-0.2, -0.15) is 0 Å². The minimum Gasteiger partial charge on any atom is -0.469 e. The second-order valence-electron chi connectivity index (χ2n) is 6.57. The minimum absolute atomic E-state index is 0.191. The maximum atomic E-state index is 11.8. The average molecular weight is 416 g/mol. The summed E-state index contributed by atoms with van der Waals surface area (Å²) in [6.07, 6.45) is 0.230. The van der Waals surface area contributed by atoms with Crippen LogP contribution in [0.25, 0.3) is 0 Å². The molecule has 6 heteroatoms. The van der Waals surface area contributed by atoms with Crippen molar-refractivity contribution in [1.82, 2.24) is 0 Å². The van der Waals surface area contributed by atoms with E-state index in [1.165, 1.54) is 7.11 Å². The number of methoxy groups -OCH3 is 1. The van der Waals surface area contributed by atoms with Gasteiger partial charge in [-0.1, -0.05) is 12.1 Å². The van der Waals surface area contributed by atoms with Crippen LogP contribution in [0.3, 0.4) is 0 Å². The van der Waals surface area contributed by atoms with Gasteiger partial charge in [-0.05, 0) is 68.0 Å². The molecule has 0 N–H and O–H groups in total. The molecule has 0 aromatic heterocycles. The van der Waals surface area contributed by atoms with E-state index in [1.807, 2.05) is 45.9 Å². The third-order valence-electron chi connectivity index (χ3n) is 4.49. The van der Waals surface area contributed by atoms with Crippen LogP contribution in [0.5, 0.6) is 0 Å². The van der Waals surface area contributed by atoms with Crippen LogP contribution >= 0.6 is 22.6 Å². The highest BCUT2D eigenvalue weighted by Gasteiger charge is 2.54. The van der Waals surface area contributed by atoms with Crippen molar-refractivity contribution in [1.29, 1.82) is 0 Å². The average Bonchev–Trinajstić information content (AvgIpc) is 2.64. The van der Waals surface area contributed by atoms with E-state index in [4.69, 9.17) is 14.0 Å². The van der Waals surface area contributed by atoms with Crippen molar-refractivity contribution in [2.45, 2.75) is 51.1 Å². The molecule has 22 heavy (non-hydrogen) atoms. The van der Waals surface area contributed by atoms with Crippen molar-refractivity contribution in [3.63, 3.8) is 0 Å². The first-order valence-corrected chi connectivity index (χ1v) is 8.42. The molecule has 0 amide bonds. The summed E-state index contributed by atoms with van der Waals surface area (Å²) in [5, 5.41) is 0. The molecule has 1 fully saturated rings. The predicted octanol–water partition coefficient (Wildman–Crippen LogP) is 3.57. The fraction of sp³-hybridized carbons (Fsp3) is 0.562. The fourth-order valence-electron chi connectivity index (χ4n) is 2.42. The number of hydrogen-bond acceptors (Lipinski definition) is 4. The van der Waals surface area contributed by atoms with Gasteiger partial charge < -0.3 is 14.0 Å². The number of halogens is 1. The normalized spacial score (nSPS) is 20.7. The van der Waals surface area contributed by atoms with Gasteiger partial charge >= 0.3 is 13.1 Å². The zero-order valence-electron chi connectivity index (χ0n) is 13.7. The number of ether oxygens (including phenoxy) is 1. The Bertz CT molecular complexity index is 543. The Morgan fingerprint density at radius 3 is 2.36 bits per heavy atom. The number of esters is 1.